The van der Waals surface area contributed by atoms with Gasteiger partial charge in [-0.05, 0) is 63.0 Å². The van der Waals surface area contributed by atoms with Crippen molar-refractivity contribution in [2.45, 2.75) is 47.5 Å². The normalized spacial score (nSPS) is 12.0. The average molecular weight is 326 g/mol. The van der Waals surface area contributed by atoms with E-state index < -0.39 is 0 Å². The lowest BCUT2D eigenvalue weighted by atomic mass is 10.1. The molecule has 0 aliphatic carbocycles. The molecule has 3 nitrogen and oxygen atoms in total. The zero-order chi connectivity index (χ0) is 18.1. The third kappa shape index (κ3) is 5.73. The first kappa shape index (κ1) is 19.8. The van der Waals surface area contributed by atoms with E-state index in [0.717, 1.165) is 35.4 Å². The molecular weight excluding hydrogens is 296 g/mol. The summed E-state index contributed by atoms with van der Waals surface area (Å²) in [6.07, 6.45) is 6.14. The highest BCUT2D eigenvalue weighted by Gasteiger charge is 2.09. The van der Waals surface area contributed by atoms with Gasteiger partial charge in [-0.25, -0.2) is 0 Å². The molecule has 0 fully saturated rings. The average Bonchev–Trinajstić information content (AvgIpc) is 2.56. The van der Waals surface area contributed by atoms with Crippen LogP contribution in [0.5, 0.6) is 0 Å². The fourth-order valence-electron chi connectivity index (χ4n) is 2.25. The number of nitrogens with one attached hydrogen (secondary N) is 2. The Hall–Kier alpha value is -2.29. The number of anilines is 1. The maximum atomic E-state index is 12.2. The van der Waals surface area contributed by atoms with Gasteiger partial charge in [0.1, 0.15) is 0 Å². The molecular formula is C21H30N2O. The lowest BCUT2D eigenvalue weighted by molar-refractivity contribution is 0.0953. The van der Waals surface area contributed by atoms with Gasteiger partial charge in [-0.15, -0.1) is 0 Å². The number of carbonyl (C=O) groups is 1. The number of carbonyl (C=O) groups excluding carboxylic acids is 1. The summed E-state index contributed by atoms with van der Waals surface area (Å²) in [5, 5.41) is 6.30. The lowest BCUT2D eigenvalue weighted by Gasteiger charge is -2.15. The summed E-state index contributed by atoms with van der Waals surface area (Å²) < 4.78 is 0. The van der Waals surface area contributed by atoms with Crippen molar-refractivity contribution < 1.29 is 4.79 Å². The Morgan fingerprint density at radius 2 is 2.00 bits per heavy atom. The van der Waals surface area contributed by atoms with Crippen LogP contribution in [-0.2, 0) is 0 Å². The molecule has 0 saturated carbocycles. The van der Waals surface area contributed by atoms with Crippen molar-refractivity contribution in [2.24, 2.45) is 0 Å². The molecule has 0 aliphatic heterocycles. The van der Waals surface area contributed by atoms with E-state index in [0.29, 0.717) is 12.1 Å². The molecule has 1 rings (SSSR count). The molecule has 0 aromatic heterocycles. The Bertz CT molecular complexity index is 654. The highest BCUT2D eigenvalue weighted by atomic mass is 16.1. The second-order valence-corrected chi connectivity index (χ2v) is 6.05. The predicted octanol–water partition coefficient (Wildman–Crippen LogP) is 5.36. The van der Waals surface area contributed by atoms with Crippen LogP contribution in [-0.4, -0.2) is 12.5 Å². The highest BCUT2D eigenvalue weighted by molar-refractivity contribution is 5.95. The number of unbranched alkanes of at least 4 members (excludes halogenated alkanes) is 1. The van der Waals surface area contributed by atoms with E-state index in [9.17, 15) is 4.79 Å². The van der Waals surface area contributed by atoms with Crippen molar-refractivity contribution >= 4 is 11.6 Å². The second kappa shape index (κ2) is 9.76. The third-order valence-electron chi connectivity index (χ3n) is 4.06. The Balaban J connectivity index is 2.92. The monoisotopic (exact) mass is 326 g/mol. The molecule has 130 valence electrons. The minimum atomic E-state index is -0.0329. The van der Waals surface area contributed by atoms with E-state index in [1.165, 1.54) is 5.57 Å². The molecule has 0 unspecified atom stereocenters. The molecule has 0 radical (unpaired) electrons. The Morgan fingerprint density at radius 3 is 2.62 bits per heavy atom. The van der Waals surface area contributed by atoms with Gasteiger partial charge in [0.25, 0.3) is 5.91 Å². The Kier molecular flexibility index (Phi) is 8.03. The fourth-order valence-corrected chi connectivity index (χ4v) is 2.25. The van der Waals surface area contributed by atoms with Crippen LogP contribution in [0.4, 0.5) is 5.69 Å². The fraction of sp³-hybridized carbons (Fsp3) is 0.381. The number of hydrogen-bond acceptors (Lipinski definition) is 2. The van der Waals surface area contributed by atoms with Crippen LogP contribution in [0.15, 0.2) is 53.8 Å². The Labute approximate surface area is 146 Å². The van der Waals surface area contributed by atoms with Crippen LogP contribution in [0.1, 0.15) is 56.5 Å². The van der Waals surface area contributed by atoms with E-state index in [-0.39, 0.29) is 5.91 Å². The third-order valence-corrected chi connectivity index (χ3v) is 4.06. The van der Waals surface area contributed by atoms with E-state index >= 15 is 0 Å². The summed E-state index contributed by atoms with van der Waals surface area (Å²) in [6.45, 7) is 15.1. The first-order valence-electron chi connectivity index (χ1n) is 8.56. The minimum absolute atomic E-state index is 0.0329. The van der Waals surface area contributed by atoms with E-state index in [1.54, 1.807) is 0 Å². The molecule has 0 aliphatic rings. The predicted molar refractivity (Wildman–Crippen MR) is 104 cm³/mol. The number of aryl methyl sites for hydroxylation is 1. The largest absolute Gasteiger partial charge is 0.356 e. The van der Waals surface area contributed by atoms with E-state index in [4.69, 9.17) is 0 Å². The van der Waals surface area contributed by atoms with Crippen LogP contribution in [0.3, 0.4) is 0 Å². The van der Waals surface area contributed by atoms with Gasteiger partial charge in [0.15, 0.2) is 0 Å². The van der Waals surface area contributed by atoms with Gasteiger partial charge in [-0.3, -0.25) is 4.79 Å². The molecule has 2 N–H and O–H groups in total. The van der Waals surface area contributed by atoms with Gasteiger partial charge in [0, 0.05) is 23.5 Å². The number of hydrogen-bond donors (Lipinski definition) is 2. The smallest absolute Gasteiger partial charge is 0.251 e. The van der Waals surface area contributed by atoms with Gasteiger partial charge in [0.2, 0.25) is 0 Å². The summed E-state index contributed by atoms with van der Waals surface area (Å²) in [5.74, 6) is -0.0329. The number of benzene rings is 1. The molecule has 0 spiro atoms. The van der Waals surface area contributed by atoms with E-state index in [2.05, 4.69) is 37.1 Å². The van der Waals surface area contributed by atoms with Crippen LogP contribution >= 0.6 is 0 Å². The minimum Gasteiger partial charge on any atom is -0.356 e. The van der Waals surface area contributed by atoms with Crippen molar-refractivity contribution in [3.63, 3.8) is 0 Å². The first-order chi connectivity index (χ1) is 11.4. The highest BCUT2D eigenvalue weighted by Crippen LogP contribution is 2.22. The van der Waals surface area contributed by atoms with Gasteiger partial charge in [-0.1, -0.05) is 38.1 Å². The van der Waals surface area contributed by atoms with Crippen LogP contribution in [0, 0.1) is 6.92 Å². The molecule has 1 aromatic carbocycles. The molecule has 1 amide bonds. The maximum absolute atomic E-state index is 12.2. The zero-order valence-electron chi connectivity index (χ0n) is 15.6. The van der Waals surface area contributed by atoms with E-state index in [1.807, 2.05) is 45.0 Å². The molecule has 24 heavy (non-hydrogen) atoms. The van der Waals surface area contributed by atoms with Crippen LogP contribution in [0.2, 0.25) is 0 Å². The first-order valence-corrected chi connectivity index (χ1v) is 8.56. The molecule has 1 aromatic rings. The number of allylic oxidation sites excluding steroid dienone is 4. The summed E-state index contributed by atoms with van der Waals surface area (Å²) in [4.78, 5) is 12.2. The number of rotatable bonds is 8. The van der Waals surface area contributed by atoms with Crippen molar-refractivity contribution in [1.29, 1.82) is 0 Å². The molecule has 0 bridgehead atoms. The molecule has 0 heterocycles. The lowest BCUT2D eigenvalue weighted by Crippen LogP contribution is -2.24. The van der Waals surface area contributed by atoms with Gasteiger partial charge >= 0.3 is 0 Å². The van der Waals surface area contributed by atoms with Crippen molar-refractivity contribution in [3.05, 3.63) is 64.9 Å². The van der Waals surface area contributed by atoms with Crippen LogP contribution in [0.25, 0.3) is 0 Å². The summed E-state index contributed by atoms with van der Waals surface area (Å²) in [7, 11) is 0. The van der Waals surface area contributed by atoms with Crippen molar-refractivity contribution in [3.8, 4) is 0 Å². The molecule has 3 heteroatoms. The molecule has 0 saturated heterocycles. The SMILES string of the molecule is C=C(Nc1cc(C(=O)NCCCC)ccc1C)/C(C)=C(C)/C=C\C. The summed E-state index contributed by atoms with van der Waals surface area (Å²) in [6, 6.07) is 5.71. The standard InChI is InChI=1S/C21H30N2O/c1-7-9-13-22-21(24)19-12-11-16(4)20(14-19)23-18(6)17(5)15(3)10-8-2/h8,10-12,14,23H,6-7,9,13H2,1-5H3,(H,22,24)/b10-8-,17-15+. The Morgan fingerprint density at radius 1 is 1.29 bits per heavy atom. The van der Waals surface area contributed by atoms with Crippen molar-refractivity contribution in [1.82, 2.24) is 5.32 Å². The van der Waals surface area contributed by atoms with Gasteiger partial charge < -0.3 is 10.6 Å². The maximum Gasteiger partial charge on any atom is 0.251 e. The van der Waals surface area contributed by atoms with Crippen LogP contribution < -0.4 is 10.6 Å². The summed E-state index contributed by atoms with van der Waals surface area (Å²) >= 11 is 0. The summed E-state index contributed by atoms with van der Waals surface area (Å²) in [5.41, 5.74) is 5.77. The second-order valence-electron chi connectivity index (χ2n) is 6.05. The van der Waals surface area contributed by atoms with Gasteiger partial charge in [0.05, 0.1) is 0 Å². The van der Waals surface area contributed by atoms with Gasteiger partial charge in [-0.2, -0.15) is 0 Å². The molecule has 0 atom stereocenters. The quantitative estimate of drug-likeness (QED) is 0.498. The number of amides is 1. The topological polar surface area (TPSA) is 41.1 Å². The zero-order valence-corrected chi connectivity index (χ0v) is 15.6. The van der Waals surface area contributed by atoms with Crippen molar-refractivity contribution in [2.75, 3.05) is 11.9 Å².